The first kappa shape index (κ1) is 13.9. The molecule has 0 radical (unpaired) electrons. The van der Waals surface area contributed by atoms with Crippen LogP contribution in [0.15, 0.2) is 36.5 Å². The number of hydrogen-bond acceptors (Lipinski definition) is 5. The van der Waals surface area contributed by atoms with Gasteiger partial charge in [0.2, 0.25) is 0 Å². The van der Waals surface area contributed by atoms with Crippen LogP contribution in [0.5, 0.6) is 5.75 Å². The number of carbonyl (C=O) groups is 1. The Morgan fingerprint density at radius 2 is 2.23 bits per heavy atom. The highest BCUT2D eigenvalue weighted by atomic mass is 16.5. The molecule has 1 amide bonds. The van der Waals surface area contributed by atoms with E-state index in [-0.39, 0.29) is 12.5 Å². The Labute approximate surface area is 126 Å². The van der Waals surface area contributed by atoms with Crippen molar-refractivity contribution in [3.05, 3.63) is 47.9 Å². The molecule has 0 aliphatic heterocycles. The van der Waals surface area contributed by atoms with E-state index in [4.69, 9.17) is 10.5 Å². The van der Waals surface area contributed by atoms with E-state index >= 15 is 0 Å². The molecule has 4 N–H and O–H groups in total. The first-order chi connectivity index (χ1) is 10.7. The number of nitrogen functional groups attached to an aromatic ring is 1. The van der Waals surface area contributed by atoms with Gasteiger partial charge in [0.25, 0.3) is 5.91 Å². The average molecular weight is 297 g/mol. The number of aromatic nitrogens is 3. The highest BCUT2D eigenvalue weighted by Crippen LogP contribution is 2.18. The second-order valence-electron chi connectivity index (χ2n) is 4.72. The molecule has 0 saturated carbocycles. The summed E-state index contributed by atoms with van der Waals surface area (Å²) in [6.07, 6.45) is 1.50. The first-order valence-corrected chi connectivity index (χ1v) is 6.68. The van der Waals surface area contributed by atoms with E-state index in [0.717, 1.165) is 16.8 Å². The van der Waals surface area contributed by atoms with Crippen LogP contribution in [0, 0.1) is 0 Å². The fourth-order valence-corrected chi connectivity index (χ4v) is 2.11. The quantitative estimate of drug-likeness (QED) is 0.676. The number of amides is 1. The summed E-state index contributed by atoms with van der Waals surface area (Å²) in [5.41, 5.74) is 7.70. The Morgan fingerprint density at radius 3 is 3.00 bits per heavy atom. The van der Waals surface area contributed by atoms with Gasteiger partial charge in [-0.05, 0) is 24.3 Å². The van der Waals surface area contributed by atoms with Gasteiger partial charge in [0.15, 0.2) is 0 Å². The Bertz CT molecular complexity index is 828. The minimum atomic E-state index is -0.230. The molecule has 22 heavy (non-hydrogen) atoms. The third-order valence-corrected chi connectivity index (χ3v) is 3.20. The lowest BCUT2D eigenvalue weighted by atomic mass is 10.2. The van der Waals surface area contributed by atoms with Gasteiger partial charge in [-0.3, -0.25) is 4.79 Å². The fourth-order valence-electron chi connectivity index (χ4n) is 2.11. The van der Waals surface area contributed by atoms with Crippen LogP contribution >= 0.6 is 0 Å². The smallest absolute Gasteiger partial charge is 0.251 e. The molecule has 7 heteroatoms. The first-order valence-electron chi connectivity index (χ1n) is 6.68. The maximum atomic E-state index is 12.0. The largest absolute Gasteiger partial charge is 0.497 e. The van der Waals surface area contributed by atoms with Crippen molar-refractivity contribution in [3.8, 4) is 5.75 Å². The maximum Gasteiger partial charge on any atom is 0.251 e. The second-order valence-corrected chi connectivity index (χ2v) is 4.72. The van der Waals surface area contributed by atoms with Gasteiger partial charge in [-0.25, -0.2) is 9.97 Å². The summed E-state index contributed by atoms with van der Waals surface area (Å²) in [6, 6.07) is 8.69. The number of nitrogens with zero attached hydrogens (tertiary/aromatic N) is 2. The van der Waals surface area contributed by atoms with Crippen LogP contribution < -0.4 is 15.8 Å². The molecule has 2 heterocycles. The predicted molar refractivity (Wildman–Crippen MR) is 82.5 cm³/mol. The molecule has 112 valence electrons. The van der Waals surface area contributed by atoms with Crippen molar-refractivity contribution in [2.45, 2.75) is 6.54 Å². The van der Waals surface area contributed by atoms with Crippen LogP contribution in [0.4, 0.5) is 5.82 Å². The number of nitrogens with two attached hydrogens (primary N) is 1. The molecule has 1 aromatic carbocycles. The van der Waals surface area contributed by atoms with E-state index in [9.17, 15) is 4.79 Å². The van der Waals surface area contributed by atoms with Crippen LogP contribution in [0.25, 0.3) is 11.0 Å². The van der Waals surface area contributed by atoms with Gasteiger partial charge in [-0.1, -0.05) is 0 Å². The third-order valence-electron chi connectivity index (χ3n) is 3.20. The number of pyridine rings is 1. The Morgan fingerprint density at radius 1 is 1.36 bits per heavy atom. The molecule has 3 aromatic rings. The number of H-pyrrole nitrogens is 1. The van der Waals surface area contributed by atoms with Crippen LogP contribution in [0.2, 0.25) is 0 Å². The molecule has 0 saturated heterocycles. The average Bonchev–Trinajstić information content (AvgIpc) is 2.94. The summed E-state index contributed by atoms with van der Waals surface area (Å²) < 4.78 is 5.16. The predicted octanol–water partition coefficient (Wildman–Crippen LogP) is 1.48. The van der Waals surface area contributed by atoms with Crippen molar-refractivity contribution in [2.24, 2.45) is 0 Å². The molecular weight excluding hydrogens is 282 g/mol. The van der Waals surface area contributed by atoms with Crippen molar-refractivity contribution in [1.82, 2.24) is 20.3 Å². The number of anilines is 1. The molecule has 7 nitrogen and oxygen atoms in total. The summed E-state index contributed by atoms with van der Waals surface area (Å²) >= 11 is 0. The monoisotopic (exact) mass is 297 g/mol. The highest BCUT2D eigenvalue weighted by Gasteiger charge is 2.08. The molecule has 3 rings (SSSR count). The fraction of sp³-hybridized carbons (Fsp3) is 0.133. The summed E-state index contributed by atoms with van der Waals surface area (Å²) in [6.45, 7) is 0.290. The molecule has 0 aliphatic rings. The van der Waals surface area contributed by atoms with Crippen LogP contribution in [0.1, 0.15) is 16.2 Å². The Kier molecular flexibility index (Phi) is 3.61. The molecule has 0 spiro atoms. The standard InChI is InChI=1S/C15H15N5O2/c1-22-10-2-3-11-12(7-10)20-14(19-11)8-18-15(21)9-4-5-17-13(16)6-9/h2-7H,8H2,1H3,(H2,16,17)(H,18,21)(H,19,20). The van der Waals surface area contributed by atoms with Gasteiger partial charge >= 0.3 is 0 Å². The molecule has 2 aromatic heterocycles. The van der Waals surface area contributed by atoms with Crippen LogP contribution in [-0.2, 0) is 6.54 Å². The van der Waals surface area contributed by atoms with Crippen molar-refractivity contribution < 1.29 is 9.53 Å². The summed E-state index contributed by atoms with van der Waals surface area (Å²) in [4.78, 5) is 23.4. The lowest BCUT2D eigenvalue weighted by Crippen LogP contribution is -2.23. The number of imidazole rings is 1. The van der Waals surface area contributed by atoms with Gasteiger partial charge in [-0.15, -0.1) is 0 Å². The summed E-state index contributed by atoms with van der Waals surface area (Å²) in [5, 5.41) is 2.78. The van der Waals surface area contributed by atoms with E-state index in [2.05, 4.69) is 20.3 Å². The second kappa shape index (κ2) is 5.72. The molecule has 0 atom stereocenters. The number of benzene rings is 1. The van der Waals surface area contributed by atoms with Crippen molar-refractivity contribution in [2.75, 3.05) is 12.8 Å². The van der Waals surface area contributed by atoms with Gasteiger partial charge < -0.3 is 20.8 Å². The van der Waals surface area contributed by atoms with Gasteiger partial charge in [0.1, 0.15) is 17.4 Å². The summed E-state index contributed by atoms with van der Waals surface area (Å²) in [7, 11) is 1.61. The van der Waals surface area contributed by atoms with Crippen molar-refractivity contribution >= 4 is 22.8 Å². The minimum absolute atomic E-state index is 0.230. The number of hydrogen-bond donors (Lipinski definition) is 3. The lowest BCUT2D eigenvalue weighted by molar-refractivity contribution is 0.0950. The third kappa shape index (κ3) is 2.83. The number of ether oxygens (including phenoxy) is 1. The van der Waals surface area contributed by atoms with Crippen molar-refractivity contribution in [3.63, 3.8) is 0 Å². The van der Waals surface area contributed by atoms with E-state index in [1.165, 1.54) is 12.3 Å². The van der Waals surface area contributed by atoms with Crippen molar-refractivity contribution in [1.29, 1.82) is 0 Å². The van der Waals surface area contributed by atoms with Gasteiger partial charge in [0, 0.05) is 17.8 Å². The normalized spacial score (nSPS) is 10.6. The number of fused-ring (bicyclic) bond motifs is 1. The molecule has 0 aliphatic carbocycles. The zero-order chi connectivity index (χ0) is 15.5. The topological polar surface area (TPSA) is 106 Å². The summed E-state index contributed by atoms with van der Waals surface area (Å²) in [5.74, 6) is 1.49. The van der Waals surface area contributed by atoms with Crippen LogP contribution in [0.3, 0.4) is 0 Å². The lowest BCUT2D eigenvalue weighted by Gasteiger charge is -2.03. The number of rotatable bonds is 4. The SMILES string of the molecule is COc1ccc2nc(CNC(=O)c3ccnc(N)c3)[nH]c2c1. The van der Waals surface area contributed by atoms with E-state index < -0.39 is 0 Å². The Balaban J connectivity index is 1.72. The number of carbonyl (C=O) groups excluding carboxylic acids is 1. The van der Waals surface area contributed by atoms with Gasteiger partial charge in [-0.2, -0.15) is 0 Å². The zero-order valence-corrected chi connectivity index (χ0v) is 12.0. The number of methoxy groups -OCH3 is 1. The molecular formula is C15H15N5O2. The molecule has 0 bridgehead atoms. The minimum Gasteiger partial charge on any atom is -0.497 e. The number of nitrogens with one attached hydrogen (secondary N) is 2. The van der Waals surface area contributed by atoms with E-state index in [0.29, 0.717) is 17.2 Å². The molecule has 0 unspecified atom stereocenters. The molecule has 0 fully saturated rings. The number of aromatic amines is 1. The highest BCUT2D eigenvalue weighted by molar-refractivity contribution is 5.94. The maximum absolute atomic E-state index is 12.0. The van der Waals surface area contributed by atoms with E-state index in [1.54, 1.807) is 13.2 Å². The van der Waals surface area contributed by atoms with Gasteiger partial charge in [0.05, 0.1) is 24.7 Å². The Hall–Kier alpha value is -3.09. The van der Waals surface area contributed by atoms with Crippen LogP contribution in [-0.4, -0.2) is 28.0 Å². The zero-order valence-electron chi connectivity index (χ0n) is 12.0. The van der Waals surface area contributed by atoms with E-state index in [1.807, 2.05) is 18.2 Å².